The number of benzene rings is 2. The van der Waals surface area contributed by atoms with Crippen LogP contribution in [0.15, 0.2) is 30.3 Å². The number of nitro benzene ring substituents is 2. The third-order valence-corrected chi connectivity index (χ3v) is 3.79. The summed E-state index contributed by atoms with van der Waals surface area (Å²) in [4.78, 5) is 32.8. The Morgan fingerprint density at radius 1 is 1.08 bits per heavy atom. The van der Waals surface area contributed by atoms with E-state index < -0.39 is 44.8 Å². The van der Waals surface area contributed by atoms with Crippen LogP contribution in [0.3, 0.4) is 0 Å². The number of amides is 1. The summed E-state index contributed by atoms with van der Waals surface area (Å²) in [6.07, 6.45) is 0. The first kappa shape index (κ1) is 18.9. The Hall–Kier alpha value is -3.43. The van der Waals surface area contributed by atoms with Gasteiger partial charge in [-0.1, -0.05) is 6.07 Å². The van der Waals surface area contributed by atoms with Crippen LogP contribution in [-0.4, -0.2) is 15.8 Å². The first-order valence-corrected chi connectivity index (χ1v) is 7.31. The van der Waals surface area contributed by atoms with Crippen molar-refractivity contribution in [2.45, 2.75) is 19.9 Å². The molecule has 2 rings (SSSR count). The van der Waals surface area contributed by atoms with Gasteiger partial charge in [-0.2, -0.15) is 0 Å². The van der Waals surface area contributed by atoms with Crippen LogP contribution in [0.2, 0.25) is 0 Å². The van der Waals surface area contributed by atoms with Crippen LogP contribution in [-0.2, 0) is 0 Å². The minimum absolute atomic E-state index is 0.00383. The number of carbonyl (C=O) groups is 1. The van der Waals surface area contributed by atoms with Gasteiger partial charge in [-0.25, -0.2) is 8.78 Å². The Morgan fingerprint density at radius 3 is 2.08 bits per heavy atom. The molecule has 0 aliphatic rings. The molecule has 1 unspecified atom stereocenters. The van der Waals surface area contributed by atoms with Gasteiger partial charge in [-0.3, -0.25) is 25.0 Å². The van der Waals surface area contributed by atoms with E-state index in [4.69, 9.17) is 0 Å². The summed E-state index contributed by atoms with van der Waals surface area (Å²) in [5.41, 5.74) is -1.66. The van der Waals surface area contributed by atoms with E-state index in [-0.39, 0.29) is 16.7 Å². The number of halogens is 2. The van der Waals surface area contributed by atoms with E-state index in [1.165, 1.54) is 13.8 Å². The molecular weight excluding hydrogens is 352 g/mol. The SMILES string of the molecule is Cc1c([N+](=O)[O-])cc(C(=O)NC(C)c2ccc(F)cc2F)cc1[N+](=O)[O-]. The first-order valence-electron chi connectivity index (χ1n) is 7.31. The summed E-state index contributed by atoms with van der Waals surface area (Å²) in [7, 11) is 0. The molecule has 2 aromatic rings. The molecule has 1 N–H and O–H groups in total. The van der Waals surface area contributed by atoms with Crippen molar-refractivity contribution in [3.63, 3.8) is 0 Å². The smallest absolute Gasteiger partial charge is 0.279 e. The fourth-order valence-corrected chi connectivity index (χ4v) is 2.40. The van der Waals surface area contributed by atoms with E-state index in [0.717, 1.165) is 24.3 Å². The number of hydrogen-bond donors (Lipinski definition) is 1. The van der Waals surface area contributed by atoms with Crippen molar-refractivity contribution >= 4 is 17.3 Å². The Morgan fingerprint density at radius 2 is 1.62 bits per heavy atom. The van der Waals surface area contributed by atoms with Crippen molar-refractivity contribution in [2.24, 2.45) is 0 Å². The summed E-state index contributed by atoms with van der Waals surface area (Å²) in [6, 6.07) is 3.73. The molecule has 0 radical (unpaired) electrons. The van der Waals surface area contributed by atoms with Crippen LogP contribution in [0.25, 0.3) is 0 Å². The van der Waals surface area contributed by atoms with E-state index in [1.807, 2.05) is 0 Å². The summed E-state index contributed by atoms with van der Waals surface area (Å²) >= 11 is 0. The number of nitrogens with zero attached hydrogens (tertiary/aromatic N) is 2. The lowest BCUT2D eigenvalue weighted by Gasteiger charge is -2.15. The maximum absolute atomic E-state index is 13.8. The van der Waals surface area contributed by atoms with Gasteiger partial charge in [0.2, 0.25) is 0 Å². The van der Waals surface area contributed by atoms with E-state index in [2.05, 4.69) is 5.32 Å². The molecule has 10 heteroatoms. The van der Waals surface area contributed by atoms with Gasteiger partial charge >= 0.3 is 0 Å². The molecule has 0 spiro atoms. The van der Waals surface area contributed by atoms with E-state index in [1.54, 1.807) is 0 Å². The molecular formula is C16H13F2N3O5. The van der Waals surface area contributed by atoms with Gasteiger partial charge in [0.1, 0.15) is 17.2 Å². The van der Waals surface area contributed by atoms with Crippen LogP contribution >= 0.6 is 0 Å². The molecule has 8 nitrogen and oxygen atoms in total. The van der Waals surface area contributed by atoms with Crippen LogP contribution in [0.1, 0.15) is 34.5 Å². The maximum Gasteiger partial charge on any atom is 0.279 e. The van der Waals surface area contributed by atoms with Crippen molar-refractivity contribution in [1.29, 1.82) is 0 Å². The number of nitro groups is 2. The summed E-state index contributed by atoms with van der Waals surface area (Å²) in [6.45, 7) is 2.62. The number of carbonyl (C=O) groups excluding carboxylic acids is 1. The molecule has 0 aliphatic heterocycles. The monoisotopic (exact) mass is 365 g/mol. The van der Waals surface area contributed by atoms with Crippen LogP contribution in [0, 0.1) is 38.8 Å². The molecule has 0 aromatic heterocycles. The van der Waals surface area contributed by atoms with Gasteiger partial charge in [0.25, 0.3) is 17.3 Å². The van der Waals surface area contributed by atoms with Crippen molar-refractivity contribution in [3.05, 3.63) is 78.9 Å². The fraction of sp³-hybridized carbons (Fsp3) is 0.188. The molecule has 1 atom stereocenters. The van der Waals surface area contributed by atoms with Gasteiger partial charge < -0.3 is 5.32 Å². The summed E-state index contributed by atoms with van der Waals surface area (Å²) in [5.74, 6) is -2.53. The fourth-order valence-electron chi connectivity index (χ4n) is 2.40. The first-order chi connectivity index (χ1) is 12.1. The van der Waals surface area contributed by atoms with Gasteiger partial charge in [0, 0.05) is 23.8 Å². The van der Waals surface area contributed by atoms with Crippen molar-refractivity contribution in [3.8, 4) is 0 Å². The van der Waals surface area contributed by atoms with Gasteiger partial charge in [-0.05, 0) is 19.9 Å². The maximum atomic E-state index is 13.8. The van der Waals surface area contributed by atoms with Gasteiger partial charge in [0.15, 0.2) is 0 Å². The average Bonchev–Trinajstić information content (AvgIpc) is 2.53. The molecule has 0 bridgehead atoms. The third-order valence-electron chi connectivity index (χ3n) is 3.79. The predicted molar refractivity (Wildman–Crippen MR) is 86.7 cm³/mol. The highest BCUT2D eigenvalue weighted by Crippen LogP contribution is 2.29. The molecule has 136 valence electrons. The van der Waals surface area contributed by atoms with E-state index in [0.29, 0.717) is 6.07 Å². The van der Waals surface area contributed by atoms with Crippen molar-refractivity contribution in [1.82, 2.24) is 5.32 Å². The largest absolute Gasteiger partial charge is 0.345 e. The van der Waals surface area contributed by atoms with Crippen LogP contribution in [0.4, 0.5) is 20.2 Å². The third kappa shape index (κ3) is 3.79. The number of rotatable bonds is 5. The minimum Gasteiger partial charge on any atom is -0.345 e. The van der Waals surface area contributed by atoms with Gasteiger partial charge in [0.05, 0.1) is 21.5 Å². The second-order valence-electron chi connectivity index (χ2n) is 5.51. The van der Waals surface area contributed by atoms with Crippen molar-refractivity contribution in [2.75, 3.05) is 0 Å². The quantitative estimate of drug-likeness (QED) is 0.642. The number of hydrogen-bond acceptors (Lipinski definition) is 5. The second kappa shape index (κ2) is 7.21. The lowest BCUT2D eigenvalue weighted by molar-refractivity contribution is -0.395. The van der Waals surface area contributed by atoms with Crippen LogP contribution < -0.4 is 5.32 Å². The normalized spacial score (nSPS) is 11.7. The topological polar surface area (TPSA) is 115 Å². The van der Waals surface area contributed by atoms with Crippen molar-refractivity contribution < 1.29 is 23.4 Å². The highest BCUT2D eigenvalue weighted by atomic mass is 19.1. The standard InChI is InChI=1S/C16H13F2N3O5/c1-8-14(20(23)24)5-10(6-15(8)21(25)26)16(22)19-9(2)12-4-3-11(17)7-13(12)18/h3-7,9H,1-2H3,(H,19,22). The average molecular weight is 365 g/mol. The molecule has 26 heavy (non-hydrogen) atoms. The molecule has 0 heterocycles. The van der Waals surface area contributed by atoms with E-state index >= 15 is 0 Å². The second-order valence-corrected chi connectivity index (χ2v) is 5.51. The highest BCUT2D eigenvalue weighted by Gasteiger charge is 2.26. The Labute approximate surface area is 145 Å². The number of nitrogens with one attached hydrogen (secondary N) is 1. The predicted octanol–water partition coefficient (Wildman–Crippen LogP) is 3.58. The lowest BCUT2D eigenvalue weighted by Crippen LogP contribution is -2.27. The summed E-state index contributed by atoms with van der Waals surface area (Å²) in [5, 5.41) is 24.5. The lowest BCUT2D eigenvalue weighted by atomic mass is 10.0. The van der Waals surface area contributed by atoms with Gasteiger partial charge in [-0.15, -0.1) is 0 Å². The highest BCUT2D eigenvalue weighted by molar-refractivity contribution is 5.96. The van der Waals surface area contributed by atoms with Crippen LogP contribution in [0.5, 0.6) is 0 Å². The molecule has 0 aliphatic carbocycles. The minimum atomic E-state index is -0.900. The Balaban J connectivity index is 2.37. The Bertz CT molecular complexity index is 882. The molecule has 0 saturated heterocycles. The molecule has 0 saturated carbocycles. The zero-order chi connectivity index (χ0) is 19.6. The zero-order valence-electron chi connectivity index (χ0n) is 13.7. The Kier molecular flexibility index (Phi) is 5.24. The van der Waals surface area contributed by atoms with E-state index in [9.17, 15) is 33.8 Å². The molecule has 0 fully saturated rings. The molecule has 2 aromatic carbocycles. The molecule has 1 amide bonds. The zero-order valence-corrected chi connectivity index (χ0v) is 13.7. The summed E-state index contributed by atoms with van der Waals surface area (Å²) < 4.78 is 26.7.